The largest absolute Gasteiger partial charge is 0.463 e. The first kappa shape index (κ1) is 23.5. The molecule has 0 aliphatic carbocycles. The first-order chi connectivity index (χ1) is 13.5. The minimum atomic E-state index is -3.01. The number of rotatable bonds is 9. The zero-order chi connectivity index (χ0) is 21.7. The maximum absolute atomic E-state index is 12.0. The average Bonchev–Trinajstić information content (AvgIpc) is 2.65. The van der Waals surface area contributed by atoms with Crippen molar-refractivity contribution >= 4 is 41.5 Å². The molecule has 0 aliphatic heterocycles. The van der Waals surface area contributed by atoms with Crippen LogP contribution in [0.25, 0.3) is 0 Å². The molecule has 0 saturated heterocycles. The van der Waals surface area contributed by atoms with E-state index in [1.54, 1.807) is 6.92 Å². The summed E-state index contributed by atoms with van der Waals surface area (Å²) in [6.45, 7) is 16.0. The monoisotopic (exact) mass is 444 g/mol. The zero-order valence-electron chi connectivity index (χ0n) is 18.3. The third-order valence-electron chi connectivity index (χ3n) is 4.08. The van der Waals surface area contributed by atoms with Crippen LogP contribution in [0.5, 0.6) is 0 Å². The maximum atomic E-state index is 12.0. The summed E-state index contributed by atoms with van der Waals surface area (Å²) in [5, 5.41) is 2.14. The van der Waals surface area contributed by atoms with Crippen LogP contribution in [0.4, 0.5) is 0 Å². The Hall–Kier alpha value is -1.78. The number of benzene rings is 2. The van der Waals surface area contributed by atoms with Crippen LogP contribution in [0.1, 0.15) is 6.92 Å². The minimum Gasteiger partial charge on any atom is -0.463 e. The molecule has 0 amide bonds. The topological polar surface area (TPSA) is 44.8 Å². The van der Waals surface area contributed by atoms with Crippen LogP contribution in [-0.2, 0) is 17.8 Å². The van der Waals surface area contributed by atoms with Crippen LogP contribution in [0.2, 0.25) is 32.7 Å². The van der Waals surface area contributed by atoms with Crippen LogP contribution in [-0.4, -0.2) is 37.4 Å². The summed E-state index contributed by atoms with van der Waals surface area (Å²) >= 11 is 0. The van der Waals surface area contributed by atoms with Gasteiger partial charge in [-0.15, -0.1) is 0 Å². The van der Waals surface area contributed by atoms with Gasteiger partial charge in [0.1, 0.15) is 6.23 Å². The van der Waals surface area contributed by atoms with E-state index in [4.69, 9.17) is 13.0 Å². The molecule has 0 spiro atoms. The SMILES string of the molecule is C=C(C)C(=O)OC[Si](C)(C)O[Si](O[Si](C)(C)C)(c1ccccc1)c1ccccc1. The van der Waals surface area contributed by atoms with Crippen molar-refractivity contribution in [1.82, 2.24) is 0 Å². The van der Waals surface area contributed by atoms with E-state index in [-0.39, 0.29) is 12.2 Å². The molecule has 156 valence electrons. The van der Waals surface area contributed by atoms with Gasteiger partial charge in [-0.2, -0.15) is 0 Å². The molecule has 29 heavy (non-hydrogen) atoms. The van der Waals surface area contributed by atoms with E-state index in [0.717, 1.165) is 10.4 Å². The van der Waals surface area contributed by atoms with Crippen molar-refractivity contribution < 1.29 is 17.8 Å². The van der Waals surface area contributed by atoms with Crippen LogP contribution >= 0.6 is 0 Å². The predicted octanol–water partition coefficient (Wildman–Crippen LogP) is 3.97. The van der Waals surface area contributed by atoms with Crippen molar-refractivity contribution in [3.63, 3.8) is 0 Å². The third-order valence-corrected chi connectivity index (χ3v) is 14.1. The molecule has 7 heteroatoms. The summed E-state index contributed by atoms with van der Waals surface area (Å²) in [4.78, 5) is 12.0. The fourth-order valence-corrected chi connectivity index (χ4v) is 14.3. The Kier molecular flexibility index (Phi) is 7.58. The minimum absolute atomic E-state index is 0.252. The van der Waals surface area contributed by atoms with Crippen molar-refractivity contribution in [2.75, 3.05) is 6.23 Å². The average molecular weight is 445 g/mol. The second-order valence-corrected chi connectivity index (χ2v) is 20.8. The van der Waals surface area contributed by atoms with Gasteiger partial charge in [0.25, 0.3) is 0 Å². The van der Waals surface area contributed by atoms with Crippen molar-refractivity contribution in [1.29, 1.82) is 0 Å². The molecule has 2 aromatic rings. The van der Waals surface area contributed by atoms with Gasteiger partial charge < -0.3 is 13.0 Å². The second kappa shape index (κ2) is 9.36. The zero-order valence-corrected chi connectivity index (χ0v) is 21.3. The Morgan fingerprint density at radius 2 is 1.28 bits per heavy atom. The van der Waals surface area contributed by atoms with Gasteiger partial charge in [-0.1, -0.05) is 67.2 Å². The highest BCUT2D eigenvalue weighted by molar-refractivity contribution is 7.02. The lowest BCUT2D eigenvalue weighted by molar-refractivity contribution is -0.137. The maximum Gasteiger partial charge on any atom is 0.386 e. The molecule has 0 fully saturated rings. The van der Waals surface area contributed by atoms with Gasteiger partial charge in [0.15, 0.2) is 8.32 Å². The van der Waals surface area contributed by atoms with Gasteiger partial charge in [-0.3, -0.25) is 0 Å². The molecule has 0 saturated carbocycles. The van der Waals surface area contributed by atoms with Gasteiger partial charge in [0, 0.05) is 5.57 Å². The second-order valence-electron chi connectivity index (χ2n) is 8.78. The molecule has 0 aromatic heterocycles. The highest BCUT2D eigenvalue weighted by atomic mass is 28.5. The summed E-state index contributed by atoms with van der Waals surface area (Å²) in [5.41, 5.74) is 0.391. The number of carbonyl (C=O) groups excluding carboxylic acids is 1. The van der Waals surface area contributed by atoms with Crippen molar-refractivity contribution in [2.45, 2.75) is 39.7 Å². The Bertz CT molecular complexity index is 791. The lowest BCUT2D eigenvalue weighted by atomic mass is 10.4. The number of hydrogen-bond donors (Lipinski definition) is 0. The molecule has 2 rings (SSSR count). The molecular formula is C22H32O4Si3. The first-order valence-electron chi connectivity index (χ1n) is 9.79. The molecule has 2 aromatic carbocycles. The van der Waals surface area contributed by atoms with Gasteiger partial charge in [0.05, 0.1) is 0 Å². The quantitative estimate of drug-likeness (QED) is 0.333. The van der Waals surface area contributed by atoms with Crippen LogP contribution < -0.4 is 10.4 Å². The number of ether oxygens (including phenoxy) is 1. The van der Waals surface area contributed by atoms with E-state index in [2.05, 4.69) is 63.6 Å². The summed E-state index contributed by atoms with van der Waals surface area (Å²) in [6, 6.07) is 20.4. The van der Waals surface area contributed by atoms with E-state index < -0.39 is 25.2 Å². The molecule has 0 N–H and O–H groups in total. The van der Waals surface area contributed by atoms with Gasteiger partial charge >= 0.3 is 14.5 Å². The first-order valence-corrected chi connectivity index (χ1v) is 18.1. The molecule has 0 atom stereocenters. The number of carbonyl (C=O) groups is 1. The third kappa shape index (κ3) is 6.62. The smallest absolute Gasteiger partial charge is 0.386 e. The van der Waals surface area contributed by atoms with Gasteiger partial charge in [-0.25, -0.2) is 4.79 Å². The lowest BCUT2D eigenvalue weighted by Crippen LogP contribution is -2.70. The Morgan fingerprint density at radius 3 is 1.66 bits per heavy atom. The Labute approximate surface area is 178 Å². The lowest BCUT2D eigenvalue weighted by Gasteiger charge is -2.42. The van der Waals surface area contributed by atoms with Crippen LogP contribution in [0.15, 0.2) is 72.8 Å². The highest BCUT2D eigenvalue weighted by Gasteiger charge is 2.49. The van der Waals surface area contributed by atoms with Crippen molar-refractivity contribution in [2.24, 2.45) is 0 Å². The molecule has 0 heterocycles. The highest BCUT2D eigenvalue weighted by Crippen LogP contribution is 2.22. The molecule has 4 nitrogen and oxygen atoms in total. The fourth-order valence-electron chi connectivity index (χ4n) is 2.95. The molecule has 0 unspecified atom stereocenters. The van der Waals surface area contributed by atoms with Gasteiger partial charge in [-0.05, 0) is 50.0 Å². The van der Waals surface area contributed by atoms with E-state index in [1.165, 1.54) is 0 Å². The summed E-state index contributed by atoms with van der Waals surface area (Å²) < 4.78 is 19.4. The number of esters is 1. The Morgan fingerprint density at radius 1 is 0.828 bits per heavy atom. The molecular weight excluding hydrogens is 412 g/mol. The van der Waals surface area contributed by atoms with Crippen molar-refractivity contribution in [3.8, 4) is 0 Å². The fraction of sp³-hybridized carbons (Fsp3) is 0.318. The van der Waals surface area contributed by atoms with Gasteiger partial charge in [0.2, 0.25) is 8.32 Å². The standard InChI is InChI=1S/C22H32O4Si3/c1-19(2)22(23)24-18-28(6,7)26-29(25-27(3,4)5,20-14-10-8-11-15-20)21-16-12-9-13-17-21/h8-17H,1,18H2,2-7H3. The van der Waals surface area contributed by atoms with E-state index in [9.17, 15) is 4.79 Å². The Balaban J connectivity index is 2.53. The predicted molar refractivity (Wildman–Crippen MR) is 127 cm³/mol. The summed E-state index contributed by atoms with van der Waals surface area (Å²) in [6.07, 6.45) is 0.252. The van der Waals surface area contributed by atoms with E-state index in [0.29, 0.717) is 5.57 Å². The van der Waals surface area contributed by atoms with Crippen molar-refractivity contribution in [3.05, 3.63) is 72.8 Å². The summed E-state index contributed by atoms with van der Waals surface area (Å²) in [5.74, 6) is -0.382. The molecule has 0 radical (unpaired) electrons. The molecule has 0 bridgehead atoms. The van der Waals surface area contributed by atoms with E-state index >= 15 is 0 Å². The van der Waals surface area contributed by atoms with E-state index in [1.807, 2.05) is 36.4 Å². The normalized spacial score (nSPS) is 12.5. The number of hydrogen-bond acceptors (Lipinski definition) is 4. The van der Waals surface area contributed by atoms with Crippen LogP contribution in [0.3, 0.4) is 0 Å². The van der Waals surface area contributed by atoms with Crippen LogP contribution in [0, 0.1) is 0 Å². The summed E-state index contributed by atoms with van der Waals surface area (Å²) in [7, 11) is -7.43. The molecule has 0 aliphatic rings.